The van der Waals surface area contributed by atoms with E-state index in [0.717, 1.165) is 5.17 Å². The Kier molecular flexibility index (Phi) is 5.42. The van der Waals surface area contributed by atoms with Crippen molar-refractivity contribution in [1.29, 1.82) is 0 Å². The molecule has 1 aromatic carbocycles. The van der Waals surface area contributed by atoms with Crippen molar-refractivity contribution in [2.45, 2.75) is 32.1 Å². The largest absolute Gasteiger partial charge is 0.366 e. The molecule has 1 aliphatic heterocycles. The van der Waals surface area contributed by atoms with Crippen molar-refractivity contribution in [1.82, 2.24) is 5.32 Å². The van der Waals surface area contributed by atoms with E-state index < -0.39 is 11.9 Å². The van der Waals surface area contributed by atoms with Crippen molar-refractivity contribution in [3.63, 3.8) is 0 Å². The Balaban J connectivity index is 2.54. The molecule has 1 aromatic rings. The number of aliphatic imine (C=N–C) groups is 1. The maximum Gasteiger partial charge on any atom is 0.248 e. The highest BCUT2D eigenvalue weighted by molar-refractivity contribution is 8.14. The zero-order valence-electron chi connectivity index (χ0n) is 12.5. The molecule has 118 valence electrons. The summed E-state index contributed by atoms with van der Waals surface area (Å²) in [6.45, 7) is 5.94. The topological polar surface area (TPSA) is 67.5 Å². The molecule has 3 N–H and O–H groups in total. The molecule has 2 rings (SSSR count). The van der Waals surface area contributed by atoms with Crippen LogP contribution in [0, 0.1) is 0 Å². The maximum absolute atomic E-state index is 11.8. The van der Waals surface area contributed by atoms with Crippen LogP contribution in [0.5, 0.6) is 0 Å². The lowest BCUT2D eigenvalue weighted by Crippen LogP contribution is -2.32. The van der Waals surface area contributed by atoms with Gasteiger partial charge >= 0.3 is 0 Å². The van der Waals surface area contributed by atoms with Crippen molar-refractivity contribution in [2.24, 2.45) is 10.7 Å². The number of primary amides is 1. The smallest absolute Gasteiger partial charge is 0.248 e. The Hall–Kier alpha value is -1.17. The van der Waals surface area contributed by atoms with E-state index in [1.54, 1.807) is 30.8 Å². The van der Waals surface area contributed by atoms with Gasteiger partial charge in [0.15, 0.2) is 5.17 Å². The number of hydrogen-bond acceptors (Lipinski definition) is 4. The molecular formula is C15H17Cl2N3OS. The first-order chi connectivity index (χ1) is 10.3. The van der Waals surface area contributed by atoms with Crippen LogP contribution < -0.4 is 11.1 Å². The number of amidine groups is 1. The number of benzene rings is 1. The van der Waals surface area contributed by atoms with Gasteiger partial charge in [0, 0.05) is 16.5 Å². The van der Waals surface area contributed by atoms with Crippen LogP contribution in [0.4, 0.5) is 0 Å². The van der Waals surface area contributed by atoms with Gasteiger partial charge in [0.1, 0.15) is 6.04 Å². The molecule has 1 atom stereocenters. The zero-order valence-corrected chi connectivity index (χ0v) is 14.8. The maximum atomic E-state index is 11.8. The predicted octanol–water partition coefficient (Wildman–Crippen LogP) is 3.89. The number of rotatable bonds is 3. The minimum atomic E-state index is -0.550. The second-order valence-electron chi connectivity index (χ2n) is 5.17. The highest BCUT2D eigenvalue weighted by Gasteiger charge is 2.30. The molecule has 1 aliphatic rings. The summed E-state index contributed by atoms with van der Waals surface area (Å²) in [6, 6.07) is 4.74. The van der Waals surface area contributed by atoms with Gasteiger partial charge in [0.25, 0.3) is 0 Å². The highest BCUT2D eigenvalue weighted by atomic mass is 35.5. The van der Waals surface area contributed by atoms with Crippen LogP contribution in [-0.4, -0.2) is 16.3 Å². The summed E-state index contributed by atoms with van der Waals surface area (Å²) in [5.74, 6) is -0.525. The first-order valence-electron chi connectivity index (χ1n) is 6.77. The summed E-state index contributed by atoms with van der Waals surface area (Å²) >= 11 is 14.0. The number of amides is 1. The predicted molar refractivity (Wildman–Crippen MR) is 94.4 cm³/mol. The van der Waals surface area contributed by atoms with E-state index in [4.69, 9.17) is 28.9 Å². The molecule has 7 heteroatoms. The van der Waals surface area contributed by atoms with Crippen molar-refractivity contribution >= 4 is 46.0 Å². The molecule has 0 spiro atoms. The SMILES string of the molecule is CC1=C(C(N)=O)[C@H](c2cccc(Cl)c2Cl)N=C(SC(C)C)N1. The zero-order chi connectivity index (χ0) is 16.4. The van der Waals surface area contributed by atoms with Crippen molar-refractivity contribution in [3.05, 3.63) is 45.1 Å². The molecule has 4 nitrogen and oxygen atoms in total. The quantitative estimate of drug-likeness (QED) is 0.861. The number of carbonyl (C=O) groups excluding carboxylic acids is 1. The first kappa shape index (κ1) is 17.2. The van der Waals surface area contributed by atoms with Gasteiger partial charge in [-0.05, 0) is 13.0 Å². The highest BCUT2D eigenvalue weighted by Crippen LogP contribution is 2.38. The number of allylic oxidation sites excluding steroid dienone is 1. The van der Waals surface area contributed by atoms with Crippen LogP contribution in [-0.2, 0) is 4.79 Å². The molecule has 0 unspecified atom stereocenters. The van der Waals surface area contributed by atoms with E-state index in [2.05, 4.69) is 24.2 Å². The molecular weight excluding hydrogens is 341 g/mol. The molecule has 1 amide bonds. The molecule has 0 saturated carbocycles. The fraction of sp³-hybridized carbons (Fsp3) is 0.333. The molecule has 1 heterocycles. The van der Waals surface area contributed by atoms with Gasteiger partial charge < -0.3 is 11.1 Å². The normalized spacial score (nSPS) is 18.3. The van der Waals surface area contributed by atoms with E-state index in [9.17, 15) is 4.79 Å². The monoisotopic (exact) mass is 357 g/mol. The summed E-state index contributed by atoms with van der Waals surface area (Å²) in [6.07, 6.45) is 0. The minimum Gasteiger partial charge on any atom is -0.366 e. The fourth-order valence-electron chi connectivity index (χ4n) is 2.21. The van der Waals surface area contributed by atoms with Gasteiger partial charge in [-0.15, -0.1) is 0 Å². The summed E-state index contributed by atoms with van der Waals surface area (Å²) in [5.41, 5.74) is 7.29. The average Bonchev–Trinajstić information content (AvgIpc) is 2.39. The van der Waals surface area contributed by atoms with Crippen LogP contribution in [0.2, 0.25) is 10.0 Å². The molecule has 0 aromatic heterocycles. The van der Waals surface area contributed by atoms with Crippen molar-refractivity contribution in [2.75, 3.05) is 0 Å². The summed E-state index contributed by atoms with van der Waals surface area (Å²) in [5, 5.41) is 5.03. The molecule has 0 fully saturated rings. The van der Waals surface area contributed by atoms with Gasteiger partial charge in [-0.1, -0.05) is 60.9 Å². The van der Waals surface area contributed by atoms with Crippen LogP contribution in [0.15, 0.2) is 34.5 Å². The Morgan fingerprint density at radius 1 is 1.41 bits per heavy atom. The number of nitrogens with one attached hydrogen (secondary N) is 1. The van der Waals surface area contributed by atoms with Crippen LogP contribution in [0.25, 0.3) is 0 Å². The van der Waals surface area contributed by atoms with Crippen LogP contribution >= 0.6 is 35.0 Å². The van der Waals surface area contributed by atoms with Crippen molar-refractivity contribution in [3.8, 4) is 0 Å². The van der Waals surface area contributed by atoms with E-state index in [1.165, 1.54) is 0 Å². The van der Waals surface area contributed by atoms with Gasteiger partial charge in [-0.2, -0.15) is 0 Å². The number of nitrogens with zero attached hydrogens (tertiary/aromatic N) is 1. The minimum absolute atomic E-state index is 0.352. The second-order valence-corrected chi connectivity index (χ2v) is 7.52. The number of carbonyl (C=O) groups is 1. The Bertz CT molecular complexity index is 671. The van der Waals surface area contributed by atoms with E-state index in [-0.39, 0.29) is 0 Å². The number of halogens is 2. The first-order valence-corrected chi connectivity index (χ1v) is 8.40. The summed E-state index contributed by atoms with van der Waals surface area (Å²) in [4.78, 5) is 16.5. The third-order valence-electron chi connectivity index (χ3n) is 3.11. The van der Waals surface area contributed by atoms with E-state index in [1.807, 2.05) is 6.07 Å². The lowest BCUT2D eigenvalue weighted by atomic mass is 9.96. The lowest BCUT2D eigenvalue weighted by Gasteiger charge is -2.26. The van der Waals surface area contributed by atoms with Gasteiger partial charge in [0.2, 0.25) is 5.91 Å². The third-order valence-corrected chi connectivity index (χ3v) is 4.84. The van der Waals surface area contributed by atoms with E-state index >= 15 is 0 Å². The lowest BCUT2D eigenvalue weighted by molar-refractivity contribution is -0.114. The molecule has 0 saturated heterocycles. The van der Waals surface area contributed by atoms with E-state index in [0.29, 0.717) is 32.1 Å². The summed E-state index contributed by atoms with van der Waals surface area (Å²) in [7, 11) is 0. The van der Waals surface area contributed by atoms with Gasteiger partial charge in [0.05, 0.1) is 15.6 Å². The standard InChI is InChI=1S/C15H17Cl2N3OS/c1-7(2)22-15-19-8(3)11(14(18)21)13(20-15)9-5-4-6-10(16)12(9)17/h4-7,13H,1-3H3,(H2,18,21)(H,19,20)/t13-/m0/s1. The summed E-state index contributed by atoms with van der Waals surface area (Å²) < 4.78 is 0. The second kappa shape index (κ2) is 6.94. The average molecular weight is 358 g/mol. The van der Waals surface area contributed by atoms with Crippen LogP contribution in [0.1, 0.15) is 32.4 Å². The third kappa shape index (κ3) is 3.59. The van der Waals surface area contributed by atoms with Crippen molar-refractivity contribution < 1.29 is 4.79 Å². The van der Waals surface area contributed by atoms with Crippen LogP contribution in [0.3, 0.4) is 0 Å². The fourth-order valence-corrected chi connectivity index (χ4v) is 3.44. The Labute approximate surface area is 144 Å². The molecule has 0 radical (unpaired) electrons. The Morgan fingerprint density at radius 3 is 2.68 bits per heavy atom. The molecule has 0 aliphatic carbocycles. The number of hydrogen-bond donors (Lipinski definition) is 2. The molecule has 22 heavy (non-hydrogen) atoms. The van der Waals surface area contributed by atoms with Gasteiger partial charge in [-0.25, -0.2) is 4.99 Å². The number of nitrogens with two attached hydrogens (primary N) is 1. The molecule has 0 bridgehead atoms. The number of thioether (sulfide) groups is 1. The van der Waals surface area contributed by atoms with Gasteiger partial charge in [-0.3, -0.25) is 4.79 Å². The Morgan fingerprint density at radius 2 is 2.09 bits per heavy atom.